The number of aromatic nitrogens is 4. The fourth-order valence-corrected chi connectivity index (χ4v) is 5.01. The van der Waals surface area contributed by atoms with Crippen LogP contribution in [0.2, 0.25) is 0 Å². The molecule has 0 saturated heterocycles. The lowest BCUT2D eigenvalue weighted by atomic mass is 10.0. The number of allylic oxidation sites excluding steroid dienone is 1. The van der Waals surface area contributed by atoms with E-state index in [-0.39, 0.29) is 31.1 Å². The molecule has 0 radical (unpaired) electrons. The molecule has 13 heteroatoms. The highest BCUT2D eigenvalue weighted by Gasteiger charge is 2.31. The van der Waals surface area contributed by atoms with E-state index in [1.807, 2.05) is 60.9 Å². The average Bonchev–Trinajstić information content (AvgIpc) is 3.50. The van der Waals surface area contributed by atoms with Crippen LogP contribution < -0.4 is 16.3 Å². The lowest BCUT2D eigenvalue weighted by Crippen LogP contribution is -2.44. The second-order valence-electron chi connectivity index (χ2n) is 9.40. The van der Waals surface area contributed by atoms with Crippen molar-refractivity contribution in [3.8, 4) is 0 Å². The van der Waals surface area contributed by atoms with E-state index >= 15 is 0 Å². The summed E-state index contributed by atoms with van der Waals surface area (Å²) >= 11 is 0. The van der Waals surface area contributed by atoms with Gasteiger partial charge in [-0.1, -0.05) is 56.3 Å². The van der Waals surface area contributed by atoms with Gasteiger partial charge in [0.05, 0.1) is 25.6 Å². The van der Waals surface area contributed by atoms with Gasteiger partial charge >= 0.3 is 7.75 Å². The molecule has 1 amide bonds. The molecule has 0 aliphatic heterocycles. The molecule has 2 aromatic heterocycles. The van der Waals surface area contributed by atoms with Gasteiger partial charge in [-0.25, -0.2) is 19.5 Å². The van der Waals surface area contributed by atoms with Crippen LogP contribution in [0, 0.1) is 11.8 Å². The molecule has 2 heterocycles. The van der Waals surface area contributed by atoms with E-state index < -0.39 is 19.7 Å². The first-order valence-electron chi connectivity index (χ1n) is 12.0. The van der Waals surface area contributed by atoms with Crippen molar-refractivity contribution in [1.82, 2.24) is 30.1 Å². The molecule has 0 bridgehead atoms. The number of carbonyl (C=O) groups is 1. The molecule has 1 aliphatic rings. The van der Waals surface area contributed by atoms with E-state index in [0.29, 0.717) is 29.8 Å². The van der Waals surface area contributed by atoms with Crippen LogP contribution in [-0.2, 0) is 25.3 Å². The molecule has 0 fully saturated rings. The molecular formula is C24H32N7O5P. The molecule has 0 spiro atoms. The number of benzene rings is 1. The molecule has 12 nitrogen and oxygen atoms in total. The lowest BCUT2D eigenvalue weighted by Gasteiger charge is -2.22. The van der Waals surface area contributed by atoms with Crippen LogP contribution in [0.1, 0.15) is 38.3 Å². The average molecular weight is 530 g/mol. The van der Waals surface area contributed by atoms with Gasteiger partial charge in [0.15, 0.2) is 11.5 Å². The van der Waals surface area contributed by atoms with Crippen molar-refractivity contribution in [3.05, 3.63) is 60.7 Å². The van der Waals surface area contributed by atoms with Crippen LogP contribution >= 0.6 is 7.75 Å². The molecule has 3 unspecified atom stereocenters. The summed E-state index contributed by atoms with van der Waals surface area (Å²) in [5, 5.41) is 2.14. The van der Waals surface area contributed by atoms with Crippen molar-refractivity contribution in [2.24, 2.45) is 11.8 Å². The maximum absolute atomic E-state index is 12.8. The number of hydrogen-bond donors (Lipinski definition) is 4. The van der Waals surface area contributed by atoms with Gasteiger partial charge in [0.25, 0.3) is 0 Å². The van der Waals surface area contributed by atoms with Crippen LogP contribution in [0.25, 0.3) is 11.2 Å². The summed E-state index contributed by atoms with van der Waals surface area (Å²) in [7, 11) is -4.40. The van der Waals surface area contributed by atoms with Crippen molar-refractivity contribution in [1.29, 1.82) is 0 Å². The summed E-state index contributed by atoms with van der Waals surface area (Å²) in [5.41, 5.74) is 10.6. The minimum absolute atomic E-state index is 0.0441. The van der Waals surface area contributed by atoms with E-state index in [9.17, 15) is 14.3 Å². The number of imidazole rings is 1. The predicted octanol–water partition coefficient (Wildman–Crippen LogP) is 2.89. The Balaban J connectivity index is 1.28. The van der Waals surface area contributed by atoms with E-state index in [4.69, 9.17) is 15.1 Å². The van der Waals surface area contributed by atoms with Gasteiger partial charge in [-0.3, -0.25) is 19.2 Å². The zero-order chi connectivity index (χ0) is 26.4. The van der Waals surface area contributed by atoms with Crippen LogP contribution in [0.15, 0.2) is 55.1 Å². The number of hydrogen-bond acceptors (Lipinski definition) is 9. The summed E-state index contributed by atoms with van der Waals surface area (Å²) < 4.78 is 19.8. The summed E-state index contributed by atoms with van der Waals surface area (Å²) in [4.78, 5) is 41.1. The molecule has 3 aromatic rings. The topological polar surface area (TPSA) is 167 Å². The molecule has 5 N–H and O–H groups in total. The Labute approximate surface area is 214 Å². The van der Waals surface area contributed by atoms with Crippen LogP contribution in [0.5, 0.6) is 0 Å². The number of carbonyl (C=O) groups excluding carboxylic acids is 1. The van der Waals surface area contributed by atoms with Gasteiger partial charge in [0, 0.05) is 5.92 Å². The van der Waals surface area contributed by atoms with Crippen LogP contribution in [-0.4, -0.2) is 43.0 Å². The van der Waals surface area contributed by atoms with Crippen molar-refractivity contribution in [2.75, 3.05) is 12.3 Å². The molecule has 4 rings (SSSR count). The third-order valence-corrected chi connectivity index (χ3v) is 6.94. The fraction of sp³-hybridized carbons (Fsp3) is 0.417. The molecule has 1 aromatic carbocycles. The van der Waals surface area contributed by atoms with E-state index in [0.717, 1.165) is 5.56 Å². The summed E-state index contributed by atoms with van der Waals surface area (Å²) in [6, 6.07) is 8.58. The first-order chi connectivity index (χ1) is 17.7. The van der Waals surface area contributed by atoms with E-state index in [2.05, 4.69) is 25.5 Å². The monoisotopic (exact) mass is 529 g/mol. The largest absolute Gasteiger partial charge is 0.432 e. The number of nitrogen functional groups attached to an aromatic ring is 1. The molecule has 37 heavy (non-hydrogen) atoms. The summed E-state index contributed by atoms with van der Waals surface area (Å²) in [5.74, 6) is -0.367. The standard InChI is InChI=1S/C24H32N7O5P/c1-16(2)10-20(29-35-12-17-6-4-3-5-7-17)24(32)30-37(33,34)36-13-18-8-9-19(11-18)31-15-28-21-22(25)26-14-27-23(21)31/h3-9,14-16,18-20,29H,10-13H2,1-2H3,(H2,25,26,27)(H2,30,32,33,34)/t18?,19?,20-/m0/s1. The summed E-state index contributed by atoms with van der Waals surface area (Å²) in [6.07, 6.45) is 7.90. The first kappa shape index (κ1) is 26.9. The Hall–Kier alpha value is -3.15. The normalized spacial score (nSPS) is 19.8. The van der Waals surface area contributed by atoms with Gasteiger partial charge in [-0.05, 0) is 24.3 Å². The molecule has 4 atom stereocenters. The van der Waals surface area contributed by atoms with Crippen molar-refractivity contribution < 1.29 is 23.6 Å². The maximum atomic E-state index is 12.8. The fourth-order valence-electron chi connectivity index (χ4n) is 4.12. The first-order valence-corrected chi connectivity index (χ1v) is 13.6. The third-order valence-electron chi connectivity index (χ3n) is 5.94. The molecular weight excluding hydrogens is 497 g/mol. The van der Waals surface area contributed by atoms with Crippen molar-refractivity contribution in [2.45, 2.75) is 45.4 Å². The number of rotatable bonds is 12. The number of anilines is 1. The Morgan fingerprint density at radius 3 is 2.78 bits per heavy atom. The predicted molar refractivity (Wildman–Crippen MR) is 138 cm³/mol. The number of hydroxylamine groups is 1. The van der Waals surface area contributed by atoms with Crippen LogP contribution in [0.4, 0.5) is 5.82 Å². The number of nitrogens with zero attached hydrogens (tertiary/aromatic N) is 4. The second kappa shape index (κ2) is 11.9. The minimum Gasteiger partial charge on any atom is -0.382 e. The molecule has 198 valence electrons. The van der Waals surface area contributed by atoms with Gasteiger partial charge in [-0.2, -0.15) is 5.48 Å². The van der Waals surface area contributed by atoms with Gasteiger partial charge in [-0.15, -0.1) is 0 Å². The highest BCUT2D eigenvalue weighted by molar-refractivity contribution is 7.51. The Kier molecular flexibility index (Phi) is 8.67. The Morgan fingerprint density at radius 1 is 1.24 bits per heavy atom. The third kappa shape index (κ3) is 7.21. The number of nitrogens with one attached hydrogen (secondary N) is 2. The maximum Gasteiger partial charge on any atom is 0.432 e. The van der Waals surface area contributed by atoms with Gasteiger partial charge in [0.2, 0.25) is 5.91 Å². The van der Waals surface area contributed by atoms with Crippen molar-refractivity contribution >= 4 is 30.6 Å². The minimum atomic E-state index is -4.40. The van der Waals surface area contributed by atoms with E-state index in [1.54, 1.807) is 6.33 Å². The van der Waals surface area contributed by atoms with E-state index in [1.165, 1.54) is 6.33 Å². The molecule has 1 aliphatic carbocycles. The highest BCUT2D eigenvalue weighted by Crippen LogP contribution is 2.40. The second-order valence-corrected chi connectivity index (χ2v) is 10.9. The van der Waals surface area contributed by atoms with Crippen LogP contribution in [0.3, 0.4) is 0 Å². The zero-order valence-corrected chi connectivity index (χ0v) is 21.6. The number of amides is 1. The SMILES string of the molecule is CC(C)C[C@H](NOCc1ccccc1)C(=O)NP(=O)(O)OCC1C=CC(n2cnc3c(N)ncnc32)C1. The van der Waals surface area contributed by atoms with Gasteiger partial charge < -0.3 is 15.2 Å². The van der Waals surface area contributed by atoms with Crippen molar-refractivity contribution in [3.63, 3.8) is 0 Å². The number of fused-ring (bicyclic) bond motifs is 1. The Bertz CT molecular complexity index is 1280. The smallest absolute Gasteiger partial charge is 0.382 e. The lowest BCUT2D eigenvalue weighted by molar-refractivity contribution is -0.127. The highest BCUT2D eigenvalue weighted by atomic mass is 31.2. The summed E-state index contributed by atoms with van der Waals surface area (Å²) in [6.45, 7) is 4.09. The Morgan fingerprint density at radius 2 is 2.03 bits per heavy atom. The quantitative estimate of drug-likeness (QED) is 0.156. The number of nitrogens with two attached hydrogens (primary N) is 1. The van der Waals surface area contributed by atoms with Gasteiger partial charge in [0.1, 0.15) is 17.9 Å². The molecule has 0 saturated carbocycles. The zero-order valence-electron chi connectivity index (χ0n) is 20.7.